The Bertz CT molecular complexity index is 565. The summed E-state index contributed by atoms with van der Waals surface area (Å²) in [6, 6.07) is 4.25. The highest BCUT2D eigenvalue weighted by Gasteiger charge is 2.13. The molecule has 120 valence electrons. The predicted molar refractivity (Wildman–Crippen MR) is 82.8 cm³/mol. The zero-order valence-corrected chi connectivity index (χ0v) is 13.9. The molecular weight excluding hydrogens is 293 g/mol. The van der Waals surface area contributed by atoms with Gasteiger partial charge in [-0.05, 0) is 39.0 Å². The van der Waals surface area contributed by atoms with Crippen molar-refractivity contribution in [3.63, 3.8) is 0 Å². The van der Waals surface area contributed by atoms with E-state index < -0.39 is 9.84 Å². The Kier molecular flexibility index (Phi) is 6.16. The smallest absolute Gasteiger partial charge is 0.153 e. The van der Waals surface area contributed by atoms with Gasteiger partial charge in [0, 0.05) is 23.4 Å². The van der Waals surface area contributed by atoms with Gasteiger partial charge in [0.25, 0.3) is 0 Å². The molecule has 1 N–H and O–H groups in total. The average molecular weight is 317 g/mol. The van der Waals surface area contributed by atoms with Crippen LogP contribution < -0.4 is 10.1 Å². The number of ether oxygens (including phenoxy) is 1. The molecule has 21 heavy (non-hydrogen) atoms. The van der Waals surface area contributed by atoms with Gasteiger partial charge in [0.05, 0.1) is 5.75 Å². The van der Waals surface area contributed by atoms with Gasteiger partial charge in [0.2, 0.25) is 0 Å². The molecule has 0 unspecified atom stereocenters. The number of benzene rings is 1. The predicted octanol–water partition coefficient (Wildman–Crippen LogP) is 2.53. The van der Waals surface area contributed by atoms with Gasteiger partial charge in [-0.25, -0.2) is 12.8 Å². The van der Waals surface area contributed by atoms with Crippen molar-refractivity contribution in [3.05, 3.63) is 29.6 Å². The minimum Gasteiger partial charge on any atom is -0.492 e. The van der Waals surface area contributed by atoms with Crippen molar-refractivity contribution in [1.82, 2.24) is 5.32 Å². The number of nitrogens with one attached hydrogen (secondary N) is 1. The summed E-state index contributed by atoms with van der Waals surface area (Å²) >= 11 is 0. The monoisotopic (exact) mass is 317 g/mol. The maximum absolute atomic E-state index is 13.4. The molecule has 0 aliphatic heterocycles. The van der Waals surface area contributed by atoms with Crippen LogP contribution in [0.2, 0.25) is 0 Å². The van der Waals surface area contributed by atoms with E-state index in [9.17, 15) is 12.8 Å². The lowest BCUT2D eigenvalue weighted by atomic mass is 10.1. The second kappa shape index (κ2) is 7.22. The lowest BCUT2D eigenvalue weighted by Gasteiger charge is -2.21. The van der Waals surface area contributed by atoms with E-state index in [0.29, 0.717) is 17.9 Å². The highest BCUT2D eigenvalue weighted by atomic mass is 32.2. The third-order valence-electron chi connectivity index (χ3n) is 2.92. The van der Waals surface area contributed by atoms with Crippen LogP contribution in [0.15, 0.2) is 18.2 Å². The van der Waals surface area contributed by atoms with E-state index in [0.717, 1.165) is 0 Å². The lowest BCUT2D eigenvalue weighted by molar-refractivity contribution is 0.332. The third-order valence-corrected chi connectivity index (χ3v) is 4.59. The molecule has 0 saturated carbocycles. The zero-order valence-electron chi connectivity index (χ0n) is 13.1. The van der Waals surface area contributed by atoms with Gasteiger partial charge < -0.3 is 10.1 Å². The van der Waals surface area contributed by atoms with Crippen molar-refractivity contribution in [1.29, 1.82) is 0 Å². The molecule has 0 bridgehead atoms. The number of hydrogen-bond donors (Lipinski definition) is 1. The highest BCUT2D eigenvalue weighted by molar-refractivity contribution is 7.91. The molecule has 1 aromatic carbocycles. The van der Waals surface area contributed by atoms with E-state index in [4.69, 9.17) is 4.74 Å². The minimum atomic E-state index is -3.06. The standard InChI is InChI=1S/C15H24FNO3S/c1-5-21(18,19)9-8-20-14-7-6-13(16)10-12(14)11-17-15(2,3)4/h6-7,10,17H,5,8-9,11H2,1-4H3. The summed E-state index contributed by atoms with van der Waals surface area (Å²) < 4.78 is 41.7. The number of hydrogen-bond acceptors (Lipinski definition) is 4. The molecule has 0 aromatic heterocycles. The summed E-state index contributed by atoms with van der Waals surface area (Å²) in [4.78, 5) is 0. The average Bonchev–Trinajstić information content (AvgIpc) is 2.37. The number of rotatable bonds is 7. The largest absolute Gasteiger partial charge is 0.492 e. The molecule has 1 rings (SSSR count). The topological polar surface area (TPSA) is 55.4 Å². The lowest BCUT2D eigenvalue weighted by Crippen LogP contribution is -2.35. The summed E-state index contributed by atoms with van der Waals surface area (Å²) in [5, 5.41) is 3.26. The maximum atomic E-state index is 13.4. The zero-order chi connectivity index (χ0) is 16.1. The van der Waals surface area contributed by atoms with E-state index in [1.54, 1.807) is 6.92 Å². The first-order chi connectivity index (χ1) is 9.63. The van der Waals surface area contributed by atoms with Crippen LogP contribution in [-0.4, -0.2) is 32.1 Å². The maximum Gasteiger partial charge on any atom is 0.153 e. The summed E-state index contributed by atoms with van der Waals surface area (Å²) in [5.74, 6) is 0.235. The molecule has 0 heterocycles. The molecule has 0 radical (unpaired) electrons. The molecule has 0 fully saturated rings. The summed E-state index contributed by atoms with van der Waals surface area (Å²) in [5.41, 5.74) is 0.577. The third kappa shape index (κ3) is 6.91. The normalized spacial score (nSPS) is 12.4. The fourth-order valence-electron chi connectivity index (χ4n) is 1.61. The Hall–Kier alpha value is -1.14. The van der Waals surface area contributed by atoms with Crippen LogP contribution in [0.25, 0.3) is 0 Å². The van der Waals surface area contributed by atoms with Crippen molar-refractivity contribution in [2.45, 2.75) is 39.8 Å². The summed E-state index contributed by atoms with van der Waals surface area (Å²) in [7, 11) is -3.06. The highest BCUT2D eigenvalue weighted by Crippen LogP contribution is 2.20. The van der Waals surface area contributed by atoms with Crippen molar-refractivity contribution < 1.29 is 17.5 Å². The van der Waals surface area contributed by atoms with Crippen LogP contribution in [0.3, 0.4) is 0 Å². The molecule has 0 spiro atoms. The van der Waals surface area contributed by atoms with Crippen molar-refractivity contribution in [3.8, 4) is 5.75 Å². The van der Waals surface area contributed by atoms with E-state index in [2.05, 4.69) is 5.32 Å². The van der Waals surface area contributed by atoms with Crippen LogP contribution in [0.5, 0.6) is 5.75 Å². The van der Waals surface area contributed by atoms with Crippen molar-refractivity contribution in [2.75, 3.05) is 18.1 Å². The van der Waals surface area contributed by atoms with Crippen LogP contribution in [0.4, 0.5) is 4.39 Å². The Morgan fingerprint density at radius 3 is 2.52 bits per heavy atom. The van der Waals surface area contributed by atoms with Crippen LogP contribution in [0, 0.1) is 5.82 Å². The Morgan fingerprint density at radius 1 is 1.29 bits per heavy atom. The quantitative estimate of drug-likeness (QED) is 0.839. The van der Waals surface area contributed by atoms with E-state index in [-0.39, 0.29) is 29.5 Å². The van der Waals surface area contributed by atoms with Gasteiger partial charge in [0.15, 0.2) is 9.84 Å². The van der Waals surface area contributed by atoms with Gasteiger partial charge in [-0.15, -0.1) is 0 Å². The van der Waals surface area contributed by atoms with Crippen molar-refractivity contribution in [2.24, 2.45) is 0 Å². The molecular formula is C15H24FNO3S. The number of sulfone groups is 1. The molecule has 4 nitrogen and oxygen atoms in total. The fourth-order valence-corrected chi connectivity index (χ4v) is 2.24. The summed E-state index contributed by atoms with van der Waals surface area (Å²) in [6.45, 7) is 8.18. The molecule has 0 aliphatic rings. The van der Waals surface area contributed by atoms with Crippen LogP contribution in [0.1, 0.15) is 33.3 Å². The molecule has 0 aliphatic carbocycles. The fraction of sp³-hybridized carbons (Fsp3) is 0.600. The summed E-state index contributed by atoms with van der Waals surface area (Å²) in [6.07, 6.45) is 0. The second-order valence-electron chi connectivity index (χ2n) is 5.94. The van der Waals surface area contributed by atoms with Gasteiger partial charge in [-0.1, -0.05) is 6.92 Å². The Balaban J connectivity index is 2.73. The van der Waals surface area contributed by atoms with Gasteiger partial charge in [0.1, 0.15) is 18.2 Å². The van der Waals surface area contributed by atoms with E-state index >= 15 is 0 Å². The van der Waals surface area contributed by atoms with Crippen molar-refractivity contribution >= 4 is 9.84 Å². The van der Waals surface area contributed by atoms with E-state index in [1.807, 2.05) is 20.8 Å². The first-order valence-electron chi connectivity index (χ1n) is 6.99. The molecule has 1 aromatic rings. The first kappa shape index (κ1) is 17.9. The Morgan fingerprint density at radius 2 is 1.95 bits per heavy atom. The van der Waals surface area contributed by atoms with Gasteiger partial charge in [-0.3, -0.25) is 0 Å². The molecule has 0 amide bonds. The van der Waals surface area contributed by atoms with Crippen LogP contribution >= 0.6 is 0 Å². The van der Waals surface area contributed by atoms with Crippen LogP contribution in [-0.2, 0) is 16.4 Å². The molecule has 6 heteroatoms. The molecule has 0 atom stereocenters. The van der Waals surface area contributed by atoms with E-state index in [1.165, 1.54) is 18.2 Å². The van der Waals surface area contributed by atoms with Gasteiger partial charge >= 0.3 is 0 Å². The second-order valence-corrected chi connectivity index (χ2v) is 8.41. The molecule has 0 saturated heterocycles. The first-order valence-corrected chi connectivity index (χ1v) is 8.82. The minimum absolute atomic E-state index is 0.0347. The Labute approximate surface area is 126 Å². The van der Waals surface area contributed by atoms with Gasteiger partial charge in [-0.2, -0.15) is 0 Å². The SMILES string of the molecule is CCS(=O)(=O)CCOc1ccc(F)cc1CNC(C)(C)C. The number of halogens is 1.